The Morgan fingerprint density at radius 2 is 1.73 bits per heavy atom. The van der Waals surface area contributed by atoms with Crippen molar-refractivity contribution in [2.75, 3.05) is 5.32 Å². The van der Waals surface area contributed by atoms with Crippen molar-refractivity contribution in [2.24, 2.45) is 0 Å². The molecule has 0 saturated heterocycles. The number of nitrogens with one attached hydrogen (secondary N) is 1. The first-order valence-electron chi connectivity index (χ1n) is 8.31. The fourth-order valence-electron chi connectivity index (χ4n) is 2.94. The number of amides is 1. The molecule has 1 amide bonds. The predicted octanol–water partition coefficient (Wildman–Crippen LogP) is 4.76. The molecule has 0 fully saturated rings. The molecule has 4 aromatic rings. The predicted molar refractivity (Wildman–Crippen MR) is 101 cm³/mol. The van der Waals surface area contributed by atoms with Gasteiger partial charge in [0, 0.05) is 11.1 Å². The van der Waals surface area contributed by atoms with E-state index in [-0.39, 0.29) is 11.9 Å². The van der Waals surface area contributed by atoms with E-state index >= 15 is 0 Å². The van der Waals surface area contributed by atoms with Gasteiger partial charge in [-0.05, 0) is 48.4 Å². The minimum absolute atomic E-state index is 0.0816. The molecule has 0 atom stereocenters. The Labute approximate surface area is 150 Å². The van der Waals surface area contributed by atoms with Crippen LogP contribution in [-0.4, -0.2) is 16.1 Å². The van der Waals surface area contributed by atoms with Gasteiger partial charge in [-0.15, -0.1) is 5.10 Å². The minimum atomic E-state index is -0.286. The molecule has 26 heavy (non-hydrogen) atoms. The van der Waals surface area contributed by atoms with Crippen molar-refractivity contribution in [1.29, 1.82) is 0 Å². The van der Waals surface area contributed by atoms with Crippen LogP contribution in [0.5, 0.6) is 0 Å². The Bertz CT molecular complexity index is 1120. The molecule has 0 aliphatic carbocycles. The van der Waals surface area contributed by atoms with Crippen LogP contribution in [0.3, 0.4) is 0 Å². The van der Waals surface area contributed by atoms with Gasteiger partial charge in [0.2, 0.25) is 5.89 Å². The summed E-state index contributed by atoms with van der Waals surface area (Å²) in [4.78, 5) is 12.5. The van der Waals surface area contributed by atoms with Crippen molar-refractivity contribution in [1.82, 2.24) is 10.2 Å². The van der Waals surface area contributed by atoms with Crippen molar-refractivity contribution < 1.29 is 9.21 Å². The normalized spacial score (nSPS) is 10.8. The summed E-state index contributed by atoms with van der Waals surface area (Å²) in [5, 5.41) is 12.7. The van der Waals surface area contributed by atoms with Gasteiger partial charge in [0.05, 0.1) is 0 Å². The molecule has 0 saturated carbocycles. The summed E-state index contributed by atoms with van der Waals surface area (Å²) >= 11 is 0. The first kappa shape index (κ1) is 16.0. The molecule has 0 spiro atoms. The molecule has 128 valence electrons. The summed E-state index contributed by atoms with van der Waals surface area (Å²) < 4.78 is 5.62. The fraction of sp³-hybridized carbons (Fsp3) is 0.0952. The van der Waals surface area contributed by atoms with E-state index in [1.807, 2.05) is 68.4 Å². The van der Waals surface area contributed by atoms with Crippen LogP contribution in [0.2, 0.25) is 0 Å². The number of anilines is 1. The Morgan fingerprint density at radius 3 is 2.54 bits per heavy atom. The van der Waals surface area contributed by atoms with Crippen molar-refractivity contribution in [2.45, 2.75) is 13.8 Å². The molecule has 0 radical (unpaired) electrons. The van der Waals surface area contributed by atoms with Crippen LogP contribution in [0.4, 0.5) is 6.01 Å². The molecule has 0 unspecified atom stereocenters. The molecule has 0 aliphatic rings. The third kappa shape index (κ3) is 3.07. The zero-order chi connectivity index (χ0) is 18.1. The maximum atomic E-state index is 12.5. The second-order valence-corrected chi connectivity index (χ2v) is 6.25. The van der Waals surface area contributed by atoms with Gasteiger partial charge in [-0.25, -0.2) is 0 Å². The van der Waals surface area contributed by atoms with Crippen LogP contribution in [0.15, 0.2) is 65.1 Å². The maximum Gasteiger partial charge on any atom is 0.322 e. The molecular formula is C21H17N3O2. The minimum Gasteiger partial charge on any atom is -0.403 e. The third-order valence-electron chi connectivity index (χ3n) is 4.27. The van der Waals surface area contributed by atoms with Crippen molar-refractivity contribution >= 4 is 22.7 Å². The van der Waals surface area contributed by atoms with Crippen LogP contribution in [0.1, 0.15) is 21.5 Å². The number of nitrogens with zero attached hydrogens (tertiary/aromatic N) is 2. The number of benzene rings is 3. The zero-order valence-electron chi connectivity index (χ0n) is 14.5. The molecule has 4 rings (SSSR count). The number of carbonyl (C=O) groups is 1. The SMILES string of the molecule is Cc1ccc(-c2nnc(NC(=O)c3ccc4ccccc4c3)o2)c(C)c1. The van der Waals surface area contributed by atoms with Gasteiger partial charge >= 0.3 is 6.01 Å². The second-order valence-electron chi connectivity index (χ2n) is 6.25. The number of hydrogen-bond acceptors (Lipinski definition) is 4. The lowest BCUT2D eigenvalue weighted by molar-refractivity contribution is 0.102. The number of rotatable bonds is 3. The van der Waals surface area contributed by atoms with Crippen LogP contribution in [0.25, 0.3) is 22.2 Å². The summed E-state index contributed by atoms with van der Waals surface area (Å²) in [6, 6.07) is 19.5. The van der Waals surface area contributed by atoms with E-state index in [0.29, 0.717) is 11.5 Å². The van der Waals surface area contributed by atoms with Gasteiger partial charge in [-0.1, -0.05) is 53.1 Å². The van der Waals surface area contributed by atoms with Gasteiger partial charge in [0.1, 0.15) is 0 Å². The standard InChI is InChI=1S/C21H17N3O2/c1-13-7-10-18(14(2)11-13)20-23-24-21(26-20)22-19(25)17-9-8-15-5-3-4-6-16(15)12-17/h3-12H,1-2H3,(H,22,24,25). The highest BCUT2D eigenvalue weighted by atomic mass is 16.4. The lowest BCUT2D eigenvalue weighted by Gasteiger charge is -2.03. The Kier molecular flexibility index (Phi) is 3.97. The van der Waals surface area contributed by atoms with Crippen LogP contribution in [0, 0.1) is 13.8 Å². The first-order valence-corrected chi connectivity index (χ1v) is 8.31. The largest absolute Gasteiger partial charge is 0.403 e. The van der Waals surface area contributed by atoms with E-state index < -0.39 is 0 Å². The topological polar surface area (TPSA) is 68.0 Å². The van der Waals surface area contributed by atoms with Crippen molar-refractivity contribution in [3.63, 3.8) is 0 Å². The summed E-state index contributed by atoms with van der Waals surface area (Å²) in [5.41, 5.74) is 3.60. The molecule has 1 aromatic heterocycles. The van der Waals surface area contributed by atoms with E-state index in [2.05, 4.69) is 15.5 Å². The molecule has 5 heteroatoms. The van der Waals surface area contributed by atoms with E-state index in [1.165, 1.54) is 0 Å². The van der Waals surface area contributed by atoms with E-state index in [9.17, 15) is 4.79 Å². The number of aromatic nitrogens is 2. The lowest BCUT2D eigenvalue weighted by Crippen LogP contribution is -2.12. The average molecular weight is 343 g/mol. The Hall–Kier alpha value is -3.47. The number of fused-ring (bicyclic) bond motifs is 1. The molecule has 3 aromatic carbocycles. The molecule has 5 nitrogen and oxygen atoms in total. The van der Waals surface area contributed by atoms with Crippen LogP contribution < -0.4 is 5.32 Å². The number of carbonyl (C=O) groups excluding carboxylic acids is 1. The molecule has 0 aliphatic heterocycles. The van der Waals surface area contributed by atoms with Crippen LogP contribution >= 0.6 is 0 Å². The van der Waals surface area contributed by atoms with Gasteiger partial charge in [-0.2, -0.15) is 0 Å². The highest BCUT2D eigenvalue weighted by Crippen LogP contribution is 2.24. The number of aryl methyl sites for hydroxylation is 2. The van der Waals surface area contributed by atoms with E-state index in [1.54, 1.807) is 6.07 Å². The number of hydrogen-bond donors (Lipinski definition) is 1. The third-order valence-corrected chi connectivity index (χ3v) is 4.27. The zero-order valence-corrected chi connectivity index (χ0v) is 14.5. The summed E-state index contributed by atoms with van der Waals surface area (Å²) in [6.07, 6.45) is 0. The van der Waals surface area contributed by atoms with Gasteiger partial charge in [-0.3, -0.25) is 10.1 Å². The monoisotopic (exact) mass is 343 g/mol. The Balaban J connectivity index is 1.57. The summed E-state index contributed by atoms with van der Waals surface area (Å²) in [7, 11) is 0. The second kappa shape index (κ2) is 6.44. The van der Waals surface area contributed by atoms with Crippen molar-refractivity contribution in [3.8, 4) is 11.5 Å². The maximum absolute atomic E-state index is 12.5. The smallest absolute Gasteiger partial charge is 0.322 e. The fourth-order valence-corrected chi connectivity index (χ4v) is 2.94. The summed E-state index contributed by atoms with van der Waals surface area (Å²) in [5.74, 6) is 0.0999. The quantitative estimate of drug-likeness (QED) is 0.582. The van der Waals surface area contributed by atoms with Crippen molar-refractivity contribution in [3.05, 3.63) is 77.4 Å². The van der Waals surface area contributed by atoms with E-state index in [4.69, 9.17) is 4.42 Å². The van der Waals surface area contributed by atoms with Gasteiger partial charge in [0.15, 0.2) is 0 Å². The van der Waals surface area contributed by atoms with Crippen LogP contribution in [-0.2, 0) is 0 Å². The van der Waals surface area contributed by atoms with Gasteiger partial charge < -0.3 is 4.42 Å². The highest BCUT2D eigenvalue weighted by molar-refractivity contribution is 6.05. The molecule has 1 heterocycles. The lowest BCUT2D eigenvalue weighted by atomic mass is 10.1. The van der Waals surface area contributed by atoms with Gasteiger partial charge in [0.25, 0.3) is 5.91 Å². The average Bonchev–Trinajstić information content (AvgIpc) is 3.09. The molecule has 1 N–H and O–H groups in total. The highest BCUT2D eigenvalue weighted by Gasteiger charge is 2.14. The summed E-state index contributed by atoms with van der Waals surface area (Å²) in [6.45, 7) is 4.01. The molecule has 0 bridgehead atoms. The Morgan fingerprint density at radius 1 is 0.923 bits per heavy atom. The van der Waals surface area contributed by atoms with E-state index in [0.717, 1.165) is 27.5 Å². The first-order chi connectivity index (χ1) is 12.6. The molecular weight excluding hydrogens is 326 g/mol.